The number of aliphatic hydroxyl groups excluding tert-OH is 1. The van der Waals surface area contributed by atoms with E-state index in [1.807, 2.05) is 0 Å². The topological polar surface area (TPSA) is 32.3 Å². The monoisotopic (exact) mass is 309 g/mol. The third kappa shape index (κ3) is 2.63. The zero-order valence-electron chi connectivity index (χ0n) is 10.6. The third-order valence-electron chi connectivity index (χ3n) is 4.34. The van der Waals surface area contributed by atoms with Crippen molar-refractivity contribution in [2.24, 2.45) is 5.92 Å². The van der Waals surface area contributed by atoms with Crippen molar-refractivity contribution >= 4 is 15.9 Å². The summed E-state index contributed by atoms with van der Waals surface area (Å²) in [5.41, 5.74) is 2.74. The van der Waals surface area contributed by atoms with Crippen LogP contribution in [0.4, 0.5) is 0 Å². The normalized spacial score (nSPS) is 27.0. The SMILES string of the molecule is OCC1(NCC2CC2)CCc2cc(Br)ccc2C1. The van der Waals surface area contributed by atoms with E-state index in [9.17, 15) is 5.11 Å². The first-order chi connectivity index (χ1) is 8.71. The molecule has 0 amide bonds. The van der Waals surface area contributed by atoms with E-state index in [1.54, 1.807) is 0 Å². The first-order valence-electron chi connectivity index (χ1n) is 6.84. The van der Waals surface area contributed by atoms with Crippen molar-refractivity contribution in [2.75, 3.05) is 13.2 Å². The zero-order chi connectivity index (χ0) is 12.6. The summed E-state index contributed by atoms with van der Waals surface area (Å²) in [6, 6.07) is 6.52. The van der Waals surface area contributed by atoms with Crippen molar-refractivity contribution < 1.29 is 5.11 Å². The number of rotatable bonds is 4. The standard InChI is InChI=1S/C15H20BrNO/c16-14-4-3-13-8-15(10-18,6-5-12(13)7-14)17-9-11-1-2-11/h3-4,7,11,17-18H,1-2,5-6,8-10H2. The maximum atomic E-state index is 9.78. The lowest BCUT2D eigenvalue weighted by molar-refractivity contribution is 0.143. The molecule has 1 aromatic rings. The van der Waals surface area contributed by atoms with E-state index in [4.69, 9.17) is 0 Å². The highest BCUT2D eigenvalue weighted by molar-refractivity contribution is 9.10. The van der Waals surface area contributed by atoms with E-state index in [1.165, 1.54) is 24.0 Å². The average Bonchev–Trinajstić information content (AvgIpc) is 3.20. The van der Waals surface area contributed by atoms with Gasteiger partial charge in [-0.25, -0.2) is 0 Å². The smallest absolute Gasteiger partial charge is 0.0616 e. The Morgan fingerprint density at radius 1 is 1.33 bits per heavy atom. The summed E-state index contributed by atoms with van der Waals surface area (Å²) in [6.45, 7) is 1.32. The summed E-state index contributed by atoms with van der Waals surface area (Å²) in [5, 5.41) is 13.4. The van der Waals surface area contributed by atoms with Crippen LogP contribution in [0.15, 0.2) is 22.7 Å². The Labute approximate surface area is 117 Å². The summed E-state index contributed by atoms with van der Waals surface area (Å²) in [6.07, 6.45) is 5.78. The van der Waals surface area contributed by atoms with Gasteiger partial charge in [0.2, 0.25) is 0 Å². The number of aliphatic hydroxyl groups is 1. The minimum absolute atomic E-state index is 0.0799. The Bertz CT molecular complexity index is 444. The van der Waals surface area contributed by atoms with E-state index in [0.29, 0.717) is 0 Å². The van der Waals surface area contributed by atoms with Gasteiger partial charge in [-0.15, -0.1) is 0 Å². The van der Waals surface area contributed by atoms with Crippen molar-refractivity contribution in [2.45, 2.75) is 37.6 Å². The van der Waals surface area contributed by atoms with Gasteiger partial charge in [0.25, 0.3) is 0 Å². The number of aryl methyl sites for hydroxylation is 1. The van der Waals surface area contributed by atoms with Gasteiger partial charge in [0.15, 0.2) is 0 Å². The average molecular weight is 310 g/mol. The molecule has 1 fully saturated rings. The Balaban J connectivity index is 1.75. The Kier molecular flexibility index (Phi) is 3.48. The van der Waals surface area contributed by atoms with Gasteiger partial charge >= 0.3 is 0 Å². The molecule has 0 aliphatic heterocycles. The molecule has 1 unspecified atom stereocenters. The number of nitrogens with one attached hydrogen (secondary N) is 1. The molecule has 1 aromatic carbocycles. The van der Waals surface area contributed by atoms with Crippen LogP contribution in [0.25, 0.3) is 0 Å². The molecule has 2 aliphatic carbocycles. The molecule has 1 atom stereocenters. The molecule has 2 N–H and O–H groups in total. The number of benzene rings is 1. The first kappa shape index (κ1) is 12.6. The van der Waals surface area contributed by atoms with Crippen LogP contribution in [0, 0.1) is 5.92 Å². The third-order valence-corrected chi connectivity index (χ3v) is 4.83. The highest BCUT2D eigenvalue weighted by Crippen LogP contribution is 2.33. The van der Waals surface area contributed by atoms with Crippen molar-refractivity contribution in [3.05, 3.63) is 33.8 Å². The molecule has 0 bridgehead atoms. The Morgan fingerprint density at radius 2 is 2.17 bits per heavy atom. The van der Waals surface area contributed by atoms with Gasteiger partial charge in [-0.1, -0.05) is 22.0 Å². The van der Waals surface area contributed by atoms with Crippen LogP contribution >= 0.6 is 15.9 Å². The summed E-state index contributed by atoms with van der Waals surface area (Å²) < 4.78 is 1.16. The van der Waals surface area contributed by atoms with Crippen molar-refractivity contribution in [3.63, 3.8) is 0 Å². The predicted molar refractivity (Wildman–Crippen MR) is 76.7 cm³/mol. The van der Waals surface area contributed by atoms with Crippen LogP contribution in [0.5, 0.6) is 0 Å². The van der Waals surface area contributed by atoms with Gasteiger partial charge < -0.3 is 10.4 Å². The lowest BCUT2D eigenvalue weighted by Gasteiger charge is -2.38. The zero-order valence-corrected chi connectivity index (χ0v) is 12.2. The van der Waals surface area contributed by atoms with Crippen LogP contribution in [-0.2, 0) is 12.8 Å². The molecule has 3 heteroatoms. The predicted octanol–water partition coefficient (Wildman–Crippen LogP) is 2.67. The molecule has 0 spiro atoms. The summed E-state index contributed by atoms with van der Waals surface area (Å²) >= 11 is 3.53. The number of halogens is 1. The highest BCUT2D eigenvalue weighted by atomic mass is 79.9. The lowest BCUT2D eigenvalue weighted by Crippen LogP contribution is -2.53. The van der Waals surface area contributed by atoms with Crippen LogP contribution in [0.1, 0.15) is 30.4 Å². The van der Waals surface area contributed by atoms with Gasteiger partial charge in [0.1, 0.15) is 0 Å². The number of fused-ring (bicyclic) bond motifs is 1. The largest absolute Gasteiger partial charge is 0.394 e. The molecule has 18 heavy (non-hydrogen) atoms. The minimum atomic E-state index is -0.0799. The van der Waals surface area contributed by atoms with Gasteiger partial charge in [-0.3, -0.25) is 0 Å². The van der Waals surface area contributed by atoms with E-state index in [2.05, 4.69) is 39.4 Å². The van der Waals surface area contributed by atoms with Gasteiger partial charge in [0, 0.05) is 10.0 Å². The molecule has 3 rings (SSSR count). The van der Waals surface area contributed by atoms with Crippen molar-refractivity contribution in [1.29, 1.82) is 0 Å². The minimum Gasteiger partial charge on any atom is -0.394 e. The molecule has 0 radical (unpaired) electrons. The second-order valence-corrected chi connectivity index (χ2v) is 6.77. The molecule has 0 saturated heterocycles. The van der Waals surface area contributed by atoms with Gasteiger partial charge in [-0.2, -0.15) is 0 Å². The number of hydrogen-bond acceptors (Lipinski definition) is 2. The Hall–Kier alpha value is -0.380. The summed E-state index contributed by atoms with van der Waals surface area (Å²) in [5.74, 6) is 0.861. The van der Waals surface area contributed by atoms with Crippen molar-refractivity contribution in [3.8, 4) is 0 Å². The van der Waals surface area contributed by atoms with E-state index in [-0.39, 0.29) is 12.1 Å². The lowest BCUT2D eigenvalue weighted by atomic mass is 9.78. The molecule has 98 valence electrons. The van der Waals surface area contributed by atoms with Gasteiger partial charge in [-0.05, 0) is 67.8 Å². The molecular formula is C15H20BrNO. The molecule has 2 aliphatic rings. The maximum absolute atomic E-state index is 9.78. The van der Waals surface area contributed by atoms with E-state index in [0.717, 1.165) is 36.2 Å². The summed E-state index contributed by atoms with van der Waals surface area (Å²) in [4.78, 5) is 0. The van der Waals surface area contributed by atoms with Crippen LogP contribution in [-0.4, -0.2) is 23.8 Å². The van der Waals surface area contributed by atoms with E-state index >= 15 is 0 Å². The fourth-order valence-electron chi connectivity index (χ4n) is 2.85. The molecular weight excluding hydrogens is 290 g/mol. The molecule has 1 saturated carbocycles. The molecule has 2 nitrogen and oxygen atoms in total. The molecule has 0 heterocycles. The summed E-state index contributed by atoms with van der Waals surface area (Å²) in [7, 11) is 0. The van der Waals surface area contributed by atoms with Crippen LogP contribution in [0.3, 0.4) is 0 Å². The second kappa shape index (κ2) is 4.95. The molecule has 0 aromatic heterocycles. The fourth-order valence-corrected chi connectivity index (χ4v) is 3.26. The second-order valence-electron chi connectivity index (χ2n) is 5.85. The van der Waals surface area contributed by atoms with Crippen LogP contribution < -0.4 is 5.32 Å². The number of hydrogen-bond donors (Lipinski definition) is 2. The van der Waals surface area contributed by atoms with E-state index < -0.39 is 0 Å². The Morgan fingerprint density at radius 3 is 2.89 bits per heavy atom. The van der Waals surface area contributed by atoms with Crippen LogP contribution in [0.2, 0.25) is 0 Å². The quantitative estimate of drug-likeness (QED) is 0.896. The maximum Gasteiger partial charge on any atom is 0.0616 e. The fraction of sp³-hybridized carbons (Fsp3) is 0.600. The highest BCUT2D eigenvalue weighted by Gasteiger charge is 2.35. The first-order valence-corrected chi connectivity index (χ1v) is 7.63. The van der Waals surface area contributed by atoms with Crippen molar-refractivity contribution in [1.82, 2.24) is 5.32 Å². The van der Waals surface area contributed by atoms with Gasteiger partial charge in [0.05, 0.1) is 6.61 Å².